The standard InChI is InChI=1S/C22H37N5O2/c1-23-22(25-9-5-13-29-18-19-7-14-28-15-8-19)26-17-20-6-10-24-21(16-20)27-11-3-2-4-12-27/h6,10,16,19H,2-5,7-9,11-15,17-18H2,1H3,(H2,23,25,26). The predicted molar refractivity (Wildman–Crippen MR) is 117 cm³/mol. The van der Waals surface area contributed by atoms with Crippen molar-refractivity contribution in [2.24, 2.45) is 10.9 Å². The van der Waals surface area contributed by atoms with Crippen LogP contribution in [-0.4, -0.2) is 64.1 Å². The quantitative estimate of drug-likeness (QED) is 0.375. The minimum Gasteiger partial charge on any atom is -0.381 e. The summed E-state index contributed by atoms with van der Waals surface area (Å²) in [6.45, 7) is 7.23. The molecule has 0 spiro atoms. The molecule has 7 nitrogen and oxygen atoms in total. The lowest BCUT2D eigenvalue weighted by molar-refractivity contribution is 0.0203. The van der Waals surface area contributed by atoms with Crippen molar-refractivity contribution in [1.29, 1.82) is 0 Å². The van der Waals surface area contributed by atoms with Crippen molar-refractivity contribution in [1.82, 2.24) is 15.6 Å². The van der Waals surface area contributed by atoms with Crippen molar-refractivity contribution in [2.75, 3.05) is 58.0 Å². The van der Waals surface area contributed by atoms with Crippen molar-refractivity contribution in [2.45, 2.75) is 45.1 Å². The molecule has 0 saturated carbocycles. The van der Waals surface area contributed by atoms with Gasteiger partial charge in [0, 0.05) is 65.9 Å². The lowest BCUT2D eigenvalue weighted by Crippen LogP contribution is -2.37. The van der Waals surface area contributed by atoms with Crippen LogP contribution < -0.4 is 15.5 Å². The molecule has 0 atom stereocenters. The molecular formula is C22H37N5O2. The van der Waals surface area contributed by atoms with Crippen LogP contribution >= 0.6 is 0 Å². The Labute approximate surface area is 175 Å². The second kappa shape index (κ2) is 12.6. The first-order valence-electron chi connectivity index (χ1n) is 11.1. The zero-order chi connectivity index (χ0) is 20.2. The Balaban J connectivity index is 1.30. The molecule has 0 aliphatic carbocycles. The van der Waals surface area contributed by atoms with Crippen LogP contribution in [0.25, 0.3) is 0 Å². The monoisotopic (exact) mass is 403 g/mol. The zero-order valence-electron chi connectivity index (χ0n) is 17.9. The highest BCUT2D eigenvalue weighted by molar-refractivity contribution is 5.79. The van der Waals surface area contributed by atoms with Gasteiger partial charge in [0.15, 0.2) is 5.96 Å². The number of anilines is 1. The number of hydrogen-bond acceptors (Lipinski definition) is 5. The maximum absolute atomic E-state index is 5.82. The van der Waals surface area contributed by atoms with E-state index >= 15 is 0 Å². The van der Waals surface area contributed by atoms with Gasteiger partial charge in [-0.1, -0.05) is 0 Å². The molecule has 3 heterocycles. The van der Waals surface area contributed by atoms with Crippen molar-refractivity contribution < 1.29 is 9.47 Å². The molecule has 0 aromatic carbocycles. The number of piperidine rings is 1. The highest BCUT2D eigenvalue weighted by Gasteiger charge is 2.14. The number of guanidine groups is 1. The summed E-state index contributed by atoms with van der Waals surface area (Å²) in [5.74, 6) is 2.58. The lowest BCUT2D eigenvalue weighted by atomic mass is 10.0. The van der Waals surface area contributed by atoms with Gasteiger partial charge in [-0.2, -0.15) is 0 Å². The van der Waals surface area contributed by atoms with Crippen molar-refractivity contribution in [3.63, 3.8) is 0 Å². The number of aromatic nitrogens is 1. The highest BCUT2D eigenvalue weighted by Crippen LogP contribution is 2.18. The van der Waals surface area contributed by atoms with E-state index in [1.165, 1.54) is 24.8 Å². The SMILES string of the molecule is CN=C(NCCCOCC1CCOCC1)NCc1ccnc(N2CCCCC2)c1. The Bertz CT molecular complexity index is 613. The molecule has 2 saturated heterocycles. The minimum atomic E-state index is 0.668. The van der Waals surface area contributed by atoms with Gasteiger partial charge in [0.1, 0.15) is 5.82 Å². The van der Waals surface area contributed by atoms with E-state index < -0.39 is 0 Å². The number of nitrogens with one attached hydrogen (secondary N) is 2. The van der Waals surface area contributed by atoms with Crippen LogP contribution in [0.4, 0.5) is 5.82 Å². The maximum atomic E-state index is 5.82. The molecule has 2 aliphatic heterocycles. The van der Waals surface area contributed by atoms with Crippen molar-refractivity contribution >= 4 is 11.8 Å². The van der Waals surface area contributed by atoms with Gasteiger partial charge >= 0.3 is 0 Å². The Morgan fingerprint density at radius 1 is 1.24 bits per heavy atom. The predicted octanol–water partition coefficient (Wildman–Crippen LogP) is 2.57. The molecule has 0 unspecified atom stereocenters. The molecule has 0 radical (unpaired) electrons. The molecule has 162 valence electrons. The van der Waals surface area contributed by atoms with E-state index in [-0.39, 0.29) is 0 Å². The van der Waals surface area contributed by atoms with Crippen LogP contribution in [0, 0.1) is 5.92 Å². The summed E-state index contributed by atoms with van der Waals surface area (Å²) in [4.78, 5) is 11.3. The summed E-state index contributed by atoms with van der Waals surface area (Å²) in [6.07, 6.45) is 9.00. The Kier molecular flexibility index (Phi) is 9.53. The van der Waals surface area contributed by atoms with Gasteiger partial charge in [-0.05, 0) is 62.1 Å². The van der Waals surface area contributed by atoms with Crippen LogP contribution in [0.3, 0.4) is 0 Å². The van der Waals surface area contributed by atoms with Crippen LogP contribution in [0.5, 0.6) is 0 Å². The van der Waals surface area contributed by atoms with E-state index in [0.717, 1.165) is 83.6 Å². The van der Waals surface area contributed by atoms with E-state index in [2.05, 4.69) is 37.6 Å². The van der Waals surface area contributed by atoms with Crippen molar-refractivity contribution in [3.8, 4) is 0 Å². The third-order valence-electron chi connectivity index (χ3n) is 5.63. The number of hydrogen-bond donors (Lipinski definition) is 2. The van der Waals surface area contributed by atoms with Crippen LogP contribution in [0.15, 0.2) is 23.3 Å². The normalized spacial score (nSPS) is 18.7. The average molecular weight is 404 g/mol. The summed E-state index contributed by atoms with van der Waals surface area (Å²) < 4.78 is 11.2. The summed E-state index contributed by atoms with van der Waals surface area (Å²) in [6, 6.07) is 4.26. The number of aliphatic imine (C=N–C) groups is 1. The maximum Gasteiger partial charge on any atom is 0.191 e. The van der Waals surface area contributed by atoms with Gasteiger partial charge in [0.2, 0.25) is 0 Å². The minimum absolute atomic E-state index is 0.668. The highest BCUT2D eigenvalue weighted by atomic mass is 16.5. The molecule has 1 aromatic heterocycles. The van der Waals surface area contributed by atoms with Gasteiger partial charge in [-0.3, -0.25) is 4.99 Å². The van der Waals surface area contributed by atoms with E-state index in [0.29, 0.717) is 5.92 Å². The average Bonchev–Trinajstić information content (AvgIpc) is 2.79. The smallest absolute Gasteiger partial charge is 0.191 e. The first-order valence-corrected chi connectivity index (χ1v) is 11.1. The van der Waals surface area contributed by atoms with E-state index in [4.69, 9.17) is 9.47 Å². The molecular weight excluding hydrogens is 366 g/mol. The lowest BCUT2D eigenvalue weighted by Gasteiger charge is -2.28. The summed E-state index contributed by atoms with van der Waals surface area (Å²) in [7, 11) is 1.81. The number of pyridine rings is 1. The topological polar surface area (TPSA) is 71.0 Å². The second-order valence-electron chi connectivity index (χ2n) is 7.91. The number of rotatable bonds is 9. The molecule has 1 aromatic rings. The van der Waals surface area contributed by atoms with Gasteiger partial charge in [-0.15, -0.1) is 0 Å². The number of ether oxygens (including phenoxy) is 2. The van der Waals surface area contributed by atoms with Crippen LogP contribution in [-0.2, 0) is 16.0 Å². The molecule has 2 aliphatic rings. The summed E-state index contributed by atoms with van der Waals surface area (Å²) >= 11 is 0. The molecule has 0 bridgehead atoms. The molecule has 0 amide bonds. The molecule has 3 rings (SSSR count). The Hall–Kier alpha value is -1.86. The summed E-state index contributed by atoms with van der Waals surface area (Å²) in [5.41, 5.74) is 1.23. The Morgan fingerprint density at radius 3 is 2.86 bits per heavy atom. The molecule has 2 N–H and O–H groups in total. The number of nitrogens with zero attached hydrogens (tertiary/aromatic N) is 3. The first-order chi connectivity index (χ1) is 14.3. The van der Waals surface area contributed by atoms with E-state index in [1.54, 1.807) is 0 Å². The Morgan fingerprint density at radius 2 is 2.07 bits per heavy atom. The molecule has 2 fully saturated rings. The fourth-order valence-electron chi connectivity index (χ4n) is 3.82. The third kappa shape index (κ3) is 7.82. The molecule has 7 heteroatoms. The van der Waals surface area contributed by atoms with Crippen LogP contribution in [0.1, 0.15) is 44.1 Å². The van der Waals surface area contributed by atoms with Crippen molar-refractivity contribution in [3.05, 3.63) is 23.9 Å². The summed E-state index contributed by atoms with van der Waals surface area (Å²) in [5, 5.41) is 6.77. The first kappa shape index (κ1) is 21.8. The largest absolute Gasteiger partial charge is 0.381 e. The second-order valence-corrected chi connectivity index (χ2v) is 7.91. The van der Waals surface area contributed by atoms with Gasteiger partial charge < -0.3 is 25.0 Å². The van der Waals surface area contributed by atoms with Gasteiger partial charge in [-0.25, -0.2) is 4.98 Å². The van der Waals surface area contributed by atoms with E-state index in [9.17, 15) is 0 Å². The van der Waals surface area contributed by atoms with E-state index in [1.807, 2.05) is 13.2 Å². The fourth-order valence-corrected chi connectivity index (χ4v) is 3.82. The molecule has 29 heavy (non-hydrogen) atoms. The van der Waals surface area contributed by atoms with Gasteiger partial charge in [0.25, 0.3) is 0 Å². The fraction of sp³-hybridized carbons (Fsp3) is 0.727. The zero-order valence-corrected chi connectivity index (χ0v) is 17.9. The third-order valence-corrected chi connectivity index (χ3v) is 5.63. The van der Waals surface area contributed by atoms with Crippen LogP contribution in [0.2, 0.25) is 0 Å². The van der Waals surface area contributed by atoms with Gasteiger partial charge in [0.05, 0.1) is 0 Å².